The molecular formula is C12H23N3O2. The van der Waals surface area contributed by atoms with E-state index in [0.29, 0.717) is 6.54 Å². The lowest BCUT2D eigenvalue weighted by atomic mass is 9.96. The Kier molecular flexibility index (Phi) is 5.80. The summed E-state index contributed by atoms with van der Waals surface area (Å²) in [5.74, 6) is -0.147. The maximum absolute atomic E-state index is 11.6. The summed E-state index contributed by atoms with van der Waals surface area (Å²) in [4.78, 5) is 23.0. The molecule has 5 heteroatoms. The minimum absolute atomic E-state index is 0.147. The van der Waals surface area contributed by atoms with Crippen molar-refractivity contribution in [2.75, 3.05) is 6.54 Å². The van der Waals surface area contributed by atoms with Crippen LogP contribution in [0, 0.1) is 0 Å². The van der Waals surface area contributed by atoms with Gasteiger partial charge in [-0.15, -0.1) is 0 Å². The van der Waals surface area contributed by atoms with Gasteiger partial charge in [-0.05, 0) is 26.7 Å². The Morgan fingerprint density at radius 1 is 1.24 bits per heavy atom. The van der Waals surface area contributed by atoms with Crippen molar-refractivity contribution in [2.24, 2.45) is 0 Å². The second-order valence-corrected chi connectivity index (χ2v) is 4.57. The lowest BCUT2D eigenvalue weighted by Gasteiger charge is -2.23. The molecule has 17 heavy (non-hydrogen) atoms. The lowest BCUT2D eigenvalue weighted by molar-refractivity contribution is -0.122. The van der Waals surface area contributed by atoms with Gasteiger partial charge in [0.1, 0.15) is 6.04 Å². The van der Waals surface area contributed by atoms with Crippen LogP contribution in [0.15, 0.2) is 0 Å². The van der Waals surface area contributed by atoms with Crippen molar-refractivity contribution >= 4 is 11.9 Å². The van der Waals surface area contributed by atoms with Gasteiger partial charge in [0, 0.05) is 12.6 Å². The summed E-state index contributed by atoms with van der Waals surface area (Å²) in [5.41, 5.74) is 0. The van der Waals surface area contributed by atoms with E-state index in [-0.39, 0.29) is 18.0 Å². The third kappa shape index (κ3) is 5.06. The van der Waals surface area contributed by atoms with Crippen LogP contribution in [-0.4, -0.2) is 30.6 Å². The molecule has 1 rings (SSSR count). The molecule has 0 aliphatic heterocycles. The minimum Gasteiger partial charge on any atom is -0.355 e. The molecule has 98 valence electrons. The number of hydrogen-bond acceptors (Lipinski definition) is 2. The maximum atomic E-state index is 11.6. The number of carbonyl (C=O) groups excluding carboxylic acids is 2. The van der Waals surface area contributed by atoms with Gasteiger partial charge in [0.05, 0.1) is 0 Å². The van der Waals surface area contributed by atoms with Crippen LogP contribution in [-0.2, 0) is 4.79 Å². The first-order valence-electron chi connectivity index (χ1n) is 6.48. The SMILES string of the molecule is CCNC(=O)[C@@H](C)NC(=O)NC1CCCCC1. The van der Waals surface area contributed by atoms with Crippen LogP contribution in [0.5, 0.6) is 0 Å². The van der Waals surface area contributed by atoms with Crippen molar-refractivity contribution in [3.05, 3.63) is 0 Å². The minimum atomic E-state index is -0.487. The molecule has 1 atom stereocenters. The molecule has 0 spiro atoms. The fourth-order valence-corrected chi connectivity index (χ4v) is 2.06. The highest BCUT2D eigenvalue weighted by atomic mass is 16.2. The lowest BCUT2D eigenvalue weighted by Crippen LogP contribution is -2.50. The molecule has 3 N–H and O–H groups in total. The Bertz CT molecular complexity index is 262. The summed E-state index contributed by atoms with van der Waals surface area (Å²) in [7, 11) is 0. The quantitative estimate of drug-likeness (QED) is 0.691. The van der Waals surface area contributed by atoms with Crippen molar-refractivity contribution in [2.45, 2.75) is 58.0 Å². The van der Waals surface area contributed by atoms with Crippen LogP contribution in [0.4, 0.5) is 4.79 Å². The molecule has 1 saturated carbocycles. The predicted octanol–water partition coefficient (Wildman–Crippen LogP) is 1.14. The summed E-state index contributed by atoms with van der Waals surface area (Å²) in [6.45, 7) is 4.12. The van der Waals surface area contributed by atoms with Gasteiger partial charge in [0.2, 0.25) is 5.91 Å². The van der Waals surface area contributed by atoms with Crippen molar-refractivity contribution < 1.29 is 9.59 Å². The molecule has 5 nitrogen and oxygen atoms in total. The van der Waals surface area contributed by atoms with E-state index in [9.17, 15) is 9.59 Å². The van der Waals surface area contributed by atoms with E-state index in [2.05, 4.69) is 16.0 Å². The van der Waals surface area contributed by atoms with Crippen LogP contribution in [0.3, 0.4) is 0 Å². The Morgan fingerprint density at radius 2 is 1.88 bits per heavy atom. The number of likely N-dealkylation sites (N-methyl/N-ethyl adjacent to an activating group) is 1. The third-order valence-corrected chi connectivity index (χ3v) is 3.03. The van der Waals surface area contributed by atoms with Crippen LogP contribution < -0.4 is 16.0 Å². The number of urea groups is 1. The predicted molar refractivity (Wildman–Crippen MR) is 66.7 cm³/mol. The average molecular weight is 241 g/mol. The number of amides is 3. The van der Waals surface area contributed by atoms with Gasteiger partial charge in [-0.3, -0.25) is 4.79 Å². The Balaban J connectivity index is 2.25. The zero-order chi connectivity index (χ0) is 12.7. The van der Waals surface area contributed by atoms with Gasteiger partial charge < -0.3 is 16.0 Å². The fraction of sp³-hybridized carbons (Fsp3) is 0.833. The normalized spacial score (nSPS) is 18.2. The zero-order valence-corrected chi connectivity index (χ0v) is 10.7. The van der Waals surface area contributed by atoms with E-state index >= 15 is 0 Å². The monoisotopic (exact) mass is 241 g/mol. The van der Waals surface area contributed by atoms with Crippen molar-refractivity contribution in [3.63, 3.8) is 0 Å². The maximum Gasteiger partial charge on any atom is 0.315 e. The van der Waals surface area contributed by atoms with Crippen molar-refractivity contribution in [1.82, 2.24) is 16.0 Å². The van der Waals surface area contributed by atoms with Crippen LogP contribution in [0.1, 0.15) is 46.0 Å². The second-order valence-electron chi connectivity index (χ2n) is 4.57. The van der Waals surface area contributed by atoms with E-state index in [1.54, 1.807) is 6.92 Å². The van der Waals surface area contributed by atoms with Gasteiger partial charge in [-0.25, -0.2) is 4.79 Å². The standard InChI is InChI=1S/C12H23N3O2/c1-3-13-11(16)9(2)14-12(17)15-10-7-5-4-6-8-10/h9-10H,3-8H2,1-2H3,(H,13,16)(H2,14,15,17)/t9-/m1/s1. The first-order valence-corrected chi connectivity index (χ1v) is 6.48. The van der Waals surface area contributed by atoms with Crippen LogP contribution in [0.2, 0.25) is 0 Å². The summed E-state index contributed by atoms with van der Waals surface area (Å²) in [5, 5.41) is 8.24. The van der Waals surface area contributed by atoms with Gasteiger partial charge in [-0.1, -0.05) is 19.3 Å². The van der Waals surface area contributed by atoms with Gasteiger partial charge >= 0.3 is 6.03 Å². The summed E-state index contributed by atoms with van der Waals surface area (Å²) in [6, 6.07) is -0.459. The highest BCUT2D eigenvalue weighted by molar-refractivity contribution is 5.86. The fourth-order valence-electron chi connectivity index (χ4n) is 2.06. The van der Waals surface area contributed by atoms with E-state index in [4.69, 9.17) is 0 Å². The van der Waals surface area contributed by atoms with Crippen LogP contribution in [0.25, 0.3) is 0 Å². The summed E-state index contributed by atoms with van der Waals surface area (Å²) >= 11 is 0. The second kappa shape index (κ2) is 7.14. The molecule has 0 aromatic carbocycles. The average Bonchev–Trinajstić information content (AvgIpc) is 2.30. The molecule has 1 fully saturated rings. The highest BCUT2D eigenvalue weighted by Gasteiger charge is 2.18. The highest BCUT2D eigenvalue weighted by Crippen LogP contribution is 2.17. The molecule has 0 aromatic heterocycles. The molecule has 0 saturated heterocycles. The molecule has 1 aliphatic rings. The van der Waals surface area contributed by atoms with E-state index < -0.39 is 6.04 Å². The number of hydrogen-bond donors (Lipinski definition) is 3. The molecule has 0 unspecified atom stereocenters. The van der Waals surface area contributed by atoms with Crippen LogP contribution >= 0.6 is 0 Å². The number of rotatable bonds is 4. The topological polar surface area (TPSA) is 70.2 Å². The first-order chi connectivity index (χ1) is 8.13. The van der Waals surface area contributed by atoms with Crippen molar-refractivity contribution in [3.8, 4) is 0 Å². The molecule has 3 amide bonds. The molecule has 0 bridgehead atoms. The number of carbonyl (C=O) groups is 2. The summed E-state index contributed by atoms with van der Waals surface area (Å²) < 4.78 is 0. The van der Waals surface area contributed by atoms with Gasteiger partial charge in [0.25, 0.3) is 0 Å². The Labute approximate surface area is 103 Å². The molecule has 0 aromatic rings. The molecule has 0 radical (unpaired) electrons. The van der Waals surface area contributed by atoms with E-state index in [1.807, 2.05) is 6.92 Å². The van der Waals surface area contributed by atoms with E-state index in [0.717, 1.165) is 12.8 Å². The largest absolute Gasteiger partial charge is 0.355 e. The van der Waals surface area contributed by atoms with Gasteiger partial charge in [-0.2, -0.15) is 0 Å². The van der Waals surface area contributed by atoms with Gasteiger partial charge in [0.15, 0.2) is 0 Å². The van der Waals surface area contributed by atoms with Crippen molar-refractivity contribution in [1.29, 1.82) is 0 Å². The zero-order valence-electron chi connectivity index (χ0n) is 10.7. The van der Waals surface area contributed by atoms with E-state index in [1.165, 1.54) is 19.3 Å². The third-order valence-electron chi connectivity index (χ3n) is 3.03. The molecule has 1 aliphatic carbocycles. The Morgan fingerprint density at radius 3 is 2.47 bits per heavy atom. The molecule has 0 heterocycles. The smallest absolute Gasteiger partial charge is 0.315 e. The Hall–Kier alpha value is -1.26. The number of nitrogens with one attached hydrogen (secondary N) is 3. The summed E-state index contributed by atoms with van der Waals surface area (Å²) in [6.07, 6.45) is 5.70. The molecular weight excluding hydrogens is 218 g/mol. The first kappa shape index (κ1) is 13.8.